The van der Waals surface area contributed by atoms with Gasteiger partial charge in [0.25, 0.3) is 11.8 Å². The molecule has 3 aromatic carbocycles. The Bertz CT molecular complexity index is 1350. The van der Waals surface area contributed by atoms with Crippen LogP contribution in [-0.4, -0.2) is 34.3 Å². The summed E-state index contributed by atoms with van der Waals surface area (Å²) in [7, 11) is 0. The van der Waals surface area contributed by atoms with Crippen molar-refractivity contribution in [2.75, 3.05) is 11.4 Å². The summed E-state index contributed by atoms with van der Waals surface area (Å²) in [5.41, 5.74) is 2.59. The molecule has 0 bridgehead atoms. The molecule has 0 radical (unpaired) electrons. The van der Waals surface area contributed by atoms with Gasteiger partial charge in [0.15, 0.2) is 0 Å². The Balaban J connectivity index is 1.76. The average Bonchev–Trinajstić information content (AvgIpc) is 2.99. The number of carbonyl (C=O) groups excluding carboxylic acids is 2. The molecule has 2 atom stereocenters. The predicted molar refractivity (Wildman–Crippen MR) is 162 cm³/mol. The molecule has 4 rings (SSSR count). The molecule has 1 N–H and O–H groups in total. The van der Waals surface area contributed by atoms with Gasteiger partial charge in [-0.15, -0.1) is 0 Å². The van der Waals surface area contributed by atoms with Crippen LogP contribution in [0.1, 0.15) is 72.6 Å². The Kier molecular flexibility index (Phi) is 9.91. The lowest BCUT2D eigenvalue weighted by Crippen LogP contribution is -2.44. The van der Waals surface area contributed by atoms with Crippen molar-refractivity contribution < 1.29 is 19.5 Å². The van der Waals surface area contributed by atoms with Crippen LogP contribution in [0.2, 0.25) is 10.0 Å². The second-order valence-corrected chi connectivity index (χ2v) is 11.7. The maximum absolute atomic E-state index is 14.4. The highest BCUT2D eigenvalue weighted by atomic mass is 127. The highest BCUT2D eigenvalue weighted by molar-refractivity contribution is 14.1. The van der Waals surface area contributed by atoms with Gasteiger partial charge in [-0.25, -0.2) is 0 Å². The van der Waals surface area contributed by atoms with Crippen molar-refractivity contribution in [2.24, 2.45) is 0 Å². The molecular weight excluding hydrogens is 650 g/mol. The molecule has 0 aliphatic carbocycles. The van der Waals surface area contributed by atoms with Gasteiger partial charge in [-0.3, -0.25) is 14.4 Å². The van der Waals surface area contributed by atoms with Gasteiger partial charge in [-0.05, 0) is 95.9 Å². The first-order valence-corrected chi connectivity index (χ1v) is 14.7. The maximum atomic E-state index is 14.4. The first-order valence-electron chi connectivity index (χ1n) is 12.8. The van der Waals surface area contributed by atoms with E-state index >= 15 is 0 Å². The van der Waals surface area contributed by atoms with E-state index in [1.807, 2.05) is 37.3 Å². The molecule has 0 saturated heterocycles. The third-order valence-electron chi connectivity index (χ3n) is 6.97. The number of carbonyl (C=O) groups is 3. The van der Waals surface area contributed by atoms with E-state index in [0.29, 0.717) is 46.2 Å². The van der Waals surface area contributed by atoms with Gasteiger partial charge in [0, 0.05) is 26.6 Å². The molecular formula is C30H29Cl2IN2O4. The van der Waals surface area contributed by atoms with E-state index in [-0.39, 0.29) is 18.2 Å². The first kappa shape index (κ1) is 29.4. The minimum Gasteiger partial charge on any atom is -0.481 e. The molecule has 2 amide bonds. The summed E-state index contributed by atoms with van der Waals surface area (Å²) in [6, 6.07) is 18.6. The number of hydrogen-bond donors (Lipinski definition) is 1. The summed E-state index contributed by atoms with van der Waals surface area (Å²) in [4.78, 5) is 43.0. The summed E-state index contributed by atoms with van der Waals surface area (Å²) < 4.78 is 0.893. The van der Waals surface area contributed by atoms with E-state index in [9.17, 15) is 14.4 Å². The highest BCUT2D eigenvalue weighted by Crippen LogP contribution is 2.40. The molecule has 0 unspecified atom stereocenters. The van der Waals surface area contributed by atoms with Crippen molar-refractivity contribution in [1.29, 1.82) is 0 Å². The van der Waals surface area contributed by atoms with E-state index in [2.05, 4.69) is 22.6 Å². The second-order valence-electron chi connectivity index (χ2n) is 9.60. The Morgan fingerprint density at radius 2 is 1.54 bits per heavy atom. The van der Waals surface area contributed by atoms with E-state index in [4.69, 9.17) is 28.3 Å². The second kappa shape index (κ2) is 13.2. The molecule has 0 saturated carbocycles. The van der Waals surface area contributed by atoms with Gasteiger partial charge in [-0.2, -0.15) is 0 Å². The lowest BCUT2D eigenvalue weighted by molar-refractivity contribution is -0.137. The fourth-order valence-electron chi connectivity index (χ4n) is 4.94. The summed E-state index contributed by atoms with van der Waals surface area (Å²) in [6.07, 6.45) is 2.95. The van der Waals surface area contributed by atoms with Crippen LogP contribution >= 0.6 is 45.8 Å². The maximum Gasteiger partial charge on any atom is 0.303 e. The molecule has 1 heterocycles. The lowest BCUT2D eigenvalue weighted by Gasteiger charge is -2.36. The van der Waals surface area contributed by atoms with Crippen molar-refractivity contribution in [2.45, 2.75) is 51.1 Å². The van der Waals surface area contributed by atoms with Crippen LogP contribution < -0.4 is 4.90 Å². The largest absolute Gasteiger partial charge is 0.481 e. The molecule has 3 aromatic rings. The number of benzene rings is 3. The summed E-state index contributed by atoms with van der Waals surface area (Å²) in [5, 5.41) is 10.0. The number of fused-ring (bicyclic) bond motifs is 1. The zero-order valence-corrected chi connectivity index (χ0v) is 25.1. The SMILES string of the molecule is C[C@H](c1ccc(Cl)cc1)N1C(=O)c2cc(I)ccc2N(CCCCCCC(=O)O)C(=O)[C@@H]1c1ccc(Cl)cc1. The van der Waals surface area contributed by atoms with Crippen LogP contribution in [0.15, 0.2) is 66.7 Å². The van der Waals surface area contributed by atoms with Crippen LogP contribution in [0.4, 0.5) is 5.69 Å². The normalized spacial score (nSPS) is 16.2. The molecule has 0 spiro atoms. The Hall–Kier alpha value is -2.62. The Labute approximate surface area is 252 Å². The number of hydrogen-bond acceptors (Lipinski definition) is 3. The number of aliphatic carboxylic acids is 1. The average molecular weight is 679 g/mol. The number of halogens is 3. The Morgan fingerprint density at radius 1 is 0.923 bits per heavy atom. The van der Waals surface area contributed by atoms with Crippen LogP contribution in [0.3, 0.4) is 0 Å². The van der Waals surface area contributed by atoms with Crippen LogP contribution in [-0.2, 0) is 9.59 Å². The summed E-state index contributed by atoms with van der Waals surface area (Å²) >= 11 is 14.5. The number of amides is 2. The van der Waals surface area contributed by atoms with Gasteiger partial charge >= 0.3 is 5.97 Å². The third kappa shape index (κ3) is 6.94. The minimum absolute atomic E-state index is 0.134. The molecule has 39 heavy (non-hydrogen) atoms. The molecule has 1 aliphatic rings. The zero-order chi connectivity index (χ0) is 28.1. The number of carboxylic acid groups (broad SMARTS) is 1. The van der Waals surface area contributed by atoms with Crippen LogP contribution in [0.5, 0.6) is 0 Å². The fourth-order valence-corrected chi connectivity index (χ4v) is 5.68. The topological polar surface area (TPSA) is 77.9 Å². The predicted octanol–water partition coefficient (Wildman–Crippen LogP) is 7.92. The van der Waals surface area contributed by atoms with Crippen molar-refractivity contribution in [3.05, 3.63) is 97.0 Å². The quantitative estimate of drug-likeness (QED) is 0.175. The van der Waals surface area contributed by atoms with Crippen molar-refractivity contribution in [1.82, 2.24) is 4.90 Å². The van der Waals surface area contributed by atoms with Gasteiger partial charge in [0.05, 0.1) is 17.3 Å². The van der Waals surface area contributed by atoms with Crippen LogP contribution in [0.25, 0.3) is 0 Å². The van der Waals surface area contributed by atoms with E-state index in [1.54, 1.807) is 46.2 Å². The number of rotatable bonds is 10. The van der Waals surface area contributed by atoms with E-state index in [0.717, 1.165) is 22.0 Å². The van der Waals surface area contributed by atoms with Crippen LogP contribution in [0, 0.1) is 3.57 Å². The number of carboxylic acids is 1. The Morgan fingerprint density at radius 3 is 2.18 bits per heavy atom. The highest BCUT2D eigenvalue weighted by Gasteiger charge is 2.42. The molecule has 6 nitrogen and oxygen atoms in total. The van der Waals surface area contributed by atoms with Crippen molar-refractivity contribution in [3.63, 3.8) is 0 Å². The van der Waals surface area contributed by atoms with Gasteiger partial charge < -0.3 is 14.9 Å². The van der Waals surface area contributed by atoms with Gasteiger partial charge in [0.2, 0.25) is 0 Å². The standard InChI is InChI=1S/C30H29Cl2IN2O4/c1-19(20-7-11-22(31)12-8-20)35-28(21-9-13-23(32)14-10-21)30(39)34(17-5-3-2-4-6-27(36)37)26-16-15-24(33)18-25(26)29(35)38/h7-16,18-19,28H,2-6,17H2,1H3,(H,36,37)/t19-,28+/m1/s1. The summed E-state index contributed by atoms with van der Waals surface area (Å²) in [6.45, 7) is 2.34. The number of unbranched alkanes of at least 4 members (excludes halogenated alkanes) is 3. The lowest BCUT2D eigenvalue weighted by atomic mass is 9.98. The van der Waals surface area contributed by atoms with Crippen molar-refractivity contribution >= 4 is 69.3 Å². The molecule has 1 aliphatic heterocycles. The number of anilines is 1. The minimum atomic E-state index is -0.877. The first-order chi connectivity index (χ1) is 18.7. The van der Waals surface area contributed by atoms with Gasteiger partial charge in [0.1, 0.15) is 6.04 Å². The van der Waals surface area contributed by atoms with Gasteiger partial charge in [-0.1, -0.05) is 60.3 Å². The molecule has 0 fully saturated rings. The monoisotopic (exact) mass is 678 g/mol. The smallest absolute Gasteiger partial charge is 0.303 e. The number of nitrogens with zero attached hydrogens (tertiary/aromatic N) is 2. The van der Waals surface area contributed by atoms with Crippen molar-refractivity contribution in [3.8, 4) is 0 Å². The molecule has 9 heteroatoms. The molecule has 0 aromatic heterocycles. The molecule has 204 valence electrons. The summed E-state index contributed by atoms with van der Waals surface area (Å²) in [5.74, 6) is -1.24. The third-order valence-corrected chi connectivity index (χ3v) is 8.15. The fraction of sp³-hybridized carbons (Fsp3) is 0.300. The zero-order valence-electron chi connectivity index (χ0n) is 21.4. The van der Waals surface area contributed by atoms with E-state index in [1.165, 1.54) is 0 Å². The van der Waals surface area contributed by atoms with E-state index < -0.39 is 18.1 Å².